The molecular weight excluding hydrogens is 450 g/mol. The SMILES string of the molecule is C=C(NCC1CC12CCN(C(=C)c1ccc(CC3CCC(C)CC3)cc1)CC2)C1Cc2ccncc2C1. The first-order valence-electron chi connectivity index (χ1n) is 14.9. The van der Waals surface area contributed by atoms with Crippen LogP contribution >= 0.6 is 0 Å². The number of allylic oxidation sites excluding steroid dienone is 1. The maximum absolute atomic E-state index is 4.51. The highest BCUT2D eigenvalue weighted by Crippen LogP contribution is 2.59. The standard InChI is InChI=1S/C34H45N3/c1-24-4-6-27(7-5-24)18-28-8-10-29(11-9-28)26(3)37-16-13-34(14-17-37)21-33(34)23-36-25(2)31-19-30-12-15-35-22-32(30)20-31/h8-12,15,22,24,27,31,33,36H,2-7,13-14,16-21,23H2,1H3. The smallest absolute Gasteiger partial charge is 0.0366 e. The highest BCUT2D eigenvalue weighted by Gasteiger charge is 2.54. The van der Waals surface area contributed by atoms with E-state index >= 15 is 0 Å². The quantitative estimate of drug-likeness (QED) is 0.426. The van der Waals surface area contributed by atoms with E-state index < -0.39 is 0 Å². The molecule has 1 spiro atoms. The van der Waals surface area contributed by atoms with Crippen LogP contribution in [-0.4, -0.2) is 29.5 Å². The molecule has 3 heteroatoms. The fraction of sp³-hybridized carbons (Fsp3) is 0.559. The maximum atomic E-state index is 4.51. The second kappa shape index (κ2) is 10.3. The van der Waals surface area contributed by atoms with Gasteiger partial charge in [-0.05, 0) is 103 Å². The summed E-state index contributed by atoms with van der Waals surface area (Å²) >= 11 is 0. The first-order valence-corrected chi connectivity index (χ1v) is 14.9. The molecule has 0 amide bonds. The Hall–Kier alpha value is -2.55. The van der Waals surface area contributed by atoms with Crippen molar-refractivity contribution in [3.63, 3.8) is 0 Å². The zero-order valence-corrected chi connectivity index (χ0v) is 22.9. The first kappa shape index (κ1) is 24.8. The van der Waals surface area contributed by atoms with Crippen molar-refractivity contribution in [2.75, 3.05) is 19.6 Å². The molecule has 4 aliphatic rings. The molecule has 1 aromatic heterocycles. The second-order valence-electron chi connectivity index (χ2n) is 12.9. The lowest BCUT2D eigenvalue weighted by Gasteiger charge is -2.36. The Balaban J connectivity index is 0.941. The summed E-state index contributed by atoms with van der Waals surface area (Å²) in [5.41, 5.74) is 8.65. The third-order valence-electron chi connectivity index (χ3n) is 10.5. The number of nitrogens with zero attached hydrogens (tertiary/aromatic N) is 2. The predicted molar refractivity (Wildman–Crippen MR) is 154 cm³/mol. The molecule has 196 valence electrons. The molecule has 0 radical (unpaired) electrons. The summed E-state index contributed by atoms with van der Waals surface area (Å²) in [7, 11) is 0. The lowest BCUT2D eigenvalue weighted by atomic mass is 9.80. The van der Waals surface area contributed by atoms with Gasteiger partial charge in [-0.15, -0.1) is 0 Å². The van der Waals surface area contributed by atoms with Crippen LogP contribution in [0.3, 0.4) is 0 Å². The van der Waals surface area contributed by atoms with E-state index in [-0.39, 0.29) is 0 Å². The third-order valence-corrected chi connectivity index (χ3v) is 10.5. The van der Waals surface area contributed by atoms with Crippen LogP contribution < -0.4 is 5.32 Å². The van der Waals surface area contributed by atoms with Crippen LogP contribution in [0.4, 0.5) is 0 Å². The molecule has 2 aromatic rings. The predicted octanol–water partition coefficient (Wildman–Crippen LogP) is 7.04. The molecule has 6 rings (SSSR count). The van der Waals surface area contributed by atoms with Crippen LogP contribution in [0.5, 0.6) is 0 Å². The molecule has 1 aliphatic heterocycles. The van der Waals surface area contributed by atoms with E-state index in [1.54, 1.807) is 0 Å². The lowest BCUT2D eigenvalue weighted by Crippen LogP contribution is -2.34. The van der Waals surface area contributed by atoms with Crippen LogP contribution in [0.1, 0.15) is 74.1 Å². The zero-order chi connectivity index (χ0) is 25.4. The topological polar surface area (TPSA) is 28.2 Å². The van der Waals surface area contributed by atoms with E-state index in [1.165, 1.54) is 85.0 Å². The number of likely N-dealkylation sites (tertiary alicyclic amines) is 1. The highest BCUT2D eigenvalue weighted by molar-refractivity contribution is 5.62. The van der Waals surface area contributed by atoms with E-state index in [0.717, 1.165) is 50.2 Å². The van der Waals surface area contributed by atoms with Crippen LogP contribution in [0.2, 0.25) is 0 Å². The summed E-state index contributed by atoms with van der Waals surface area (Å²) < 4.78 is 0. The Morgan fingerprint density at radius 2 is 1.73 bits per heavy atom. The van der Waals surface area contributed by atoms with Gasteiger partial charge in [-0.25, -0.2) is 0 Å². The normalized spacial score (nSPS) is 28.1. The Labute approximate surface area is 224 Å². The Bertz CT molecular complexity index is 1090. The van der Waals surface area contributed by atoms with Crippen LogP contribution in [-0.2, 0) is 19.3 Å². The number of hydrogen-bond acceptors (Lipinski definition) is 3. The van der Waals surface area contributed by atoms with Gasteiger partial charge in [0.2, 0.25) is 0 Å². The molecule has 3 fully saturated rings. The highest BCUT2D eigenvalue weighted by atomic mass is 15.1. The first-order chi connectivity index (χ1) is 18.0. The van der Waals surface area contributed by atoms with Crippen molar-refractivity contribution in [1.82, 2.24) is 15.2 Å². The molecule has 2 heterocycles. The summed E-state index contributed by atoms with van der Waals surface area (Å²) in [5.74, 6) is 3.14. The van der Waals surface area contributed by atoms with Crippen molar-refractivity contribution in [3.05, 3.63) is 83.8 Å². The summed E-state index contributed by atoms with van der Waals surface area (Å²) in [4.78, 5) is 6.83. The van der Waals surface area contributed by atoms with E-state index in [2.05, 4.69) is 65.6 Å². The van der Waals surface area contributed by atoms with Gasteiger partial charge in [-0.1, -0.05) is 57.2 Å². The minimum absolute atomic E-state index is 0.525. The average Bonchev–Trinajstić information content (AvgIpc) is 3.39. The molecule has 3 nitrogen and oxygen atoms in total. The van der Waals surface area contributed by atoms with Gasteiger partial charge in [-0.2, -0.15) is 0 Å². The number of rotatable bonds is 8. The van der Waals surface area contributed by atoms with Crippen molar-refractivity contribution < 1.29 is 0 Å². The molecule has 1 aromatic carbocycles. The van der Waals surface area contributed by atoms with Gasteiger partial charge >= 0.3 is 0 Å². The summed E-state index contributed by atoms with van der Waals surface area (Å²) in [6, 6.07) is 11.5. The van der Waals surface area contributed by atoms with Crippen LogP contribution in [0.15, 0.2) is 61.6 Å². The van der Waals surface area contributed by atoms with Crippen LogP contribution in [0.25, 0.3) is 5.70 Å². The monoisotopic (exact) mass is 495 g/mol. The molecular formula is C34H45N3. The number of hydrogen-bond donors (Lipinski definition) is 1. The fourth-order valence-corrected chi connectivity index (χ4v) is 7.52. The van der Waals surface area contributed by atoms with Gasteiger partial charge in [0.25, 0.3) is 0 Å². The van der Waals surface area contributed by atoms with E-state index in [4.69, 9.17) is 0 Å². The van der Waals surface area contributed by atoms with Gasteiger partial charge in [0, 0.05) is 49.3 Å². The second-order valence-corrected chi connectivity index (χ2v) is 12.9. The number of fused-ring (bicyclic) bond motifs is 1. The molecule has 37 heavy (non-hydrogen) atoms. The van der Waals surface area contributed by atoms with Gasteiger partial charge < -0.3 is 10.2 Å². The molecule has 2 unspecified atom stereocenters. The lowest BCUT2D eigenvalue weighted by molar-refractivity contribution is 0.223. The van der Waals surface area contributed by atoms with Crippen molar-refractivity contribution in [1.29, 1.82) is 0 Å². The molecule has 3 aliphatic carbocycles. The van der Waals surface area contributed by atoms with Gasteiger partial charge in [-0.3, -0.25) is 4.98 Å². The minimum atomic E-state index is 0.525. The zero-order valence-electron chi connectivity index (χ0n) is 22.9. The van der Waals surface area contributed by atoms with Crippen molar-refractivity contribution >= 4 is 5.70 Å². The number of benzene rings is 1. The Kier molecular flexibility index (Phi) is 6.90. The fourth-order valence-electron chi connectivity index (χ4n) is 7.52. The molecule has 1 saturated heterocycles. The molecule has 0 bridgehead atoms. The molecule has 2 atom stereocenters. The van der Waals surface area contributed by atoms with E-state index in [1.807, 2.05) is 12.4 Å². The van der Waals surface area contributed by atoms with Gasteiger partial charge in [0.15, 0.2) is 0 Å². The number of pyridine rings is 1. The summed E-state index contributed by atoms with van der Waals surface area (Å²) in [6.45, 7) is 14.7. The molecule has 2 saturated carbocycles. The Morgan fingerprint density at radius 3 is 2.46 bits per heavy atom. The summed E-state index contributed by atoms with van der Waals surface area (Å²) in [6.07, 6.45) is 17.0. The van der Waals surface area contributed by atoms with Crippen molar-refractivity contribution in [2.45, 2.75) is 71.1 Å². The van der Waals surface area contributed by atoms with Gasteiger partial charge in [0.1, 0.15) is 0 Å². The van der Waals surface area contributed by atoms with Crippen LogP contribution in [0, 0.1) is 29.1 Å². The summed E-state index contributed by atoms with van der Waals surface area (Å²) in [5, 5.41) is 3.74. The van der Waals surface area contributed by atoms with E-state index in [9.17, 15) is 0 Å². The van der Waals surface area contributed by atoms with Gasteiger partial charge in [0.05, 0.1) is 0 Å². The number of aromatic nitrogens is 1. The van der Waals surface area contributed by atoms with Crippen molar-refractivity contribution in [2.24, 2.45) is 29.1 Å². The third kappa shape index (κ3) is 5.38. The maximum Gasteiger partial charge on any atom is 0.0366 e. The minimum Gasteiger partial charge on any atom is -0.388 e. The largest absolute Gasteiger partial charge is 0.388 e. The Morgan fingerprint density at radius 1 is 1.00 bits per heavy atom. The van der Waals surface area contributed by atoms with E-state index in [0.29, 0.717) is 11.3 Å². The number of nitrogens with one attached hydrogen (secondary N) is 1. The number of piperidine rings is 1. The molecule has 1 N–H and O–H groups in total. The van der Waals surface area contributed by atoms with Crippen molar-refractivity contribution in [3.8, 4) is 0 Å². The average molecular weight is 496 g/mol.